The van der Waals surface area contributed by atoms with Crippen LogP contribution in [0, 0.1) is 0 Å². The Morgan fingerprint density at radius 2 is 1.61 bits per heavy atom. The highest BCUT2D eigenvalue weighted by Gasteiger charge is 2.13. The summed E-state index contributed by atoms with van der Waals surface area (Å²) < 4.78 is 31.1. The van der Waals surface area contributed by atoms with Gasteiger partial charge >= 0.3 is 0 Å². The van der Waals surface area contributed by atoms with Crippen molar-refractivity contribution < 1.29 is 17.9 Å². The monoisotopic (exact) mass is 404 g/mol. The average Bonchev–Trinajstić information content (AvgIpc) is 2.65. The van der Waals surface area contributed by atoms with Crippen LogP contribution in [0.1, 0.15) is 38.8 Å². The molecule has 0 aliphatic carbocycles. The summed E-state index contributed by atoms with van der Waals surface area (Å²) in [5.41, 5.74) is 2.64. The Bertz CT molecular complexity index is 883. The van der Waals surface area contributed by atoms with Gasteiger partial charge in [-0.05, 0) is 47.7 Å². The first-order valence-electron chi connectivity index (χ1n) is 9.18. The summed E-state index contributed by atoms with van der Waals surface area (Å²) in [6.45, 7) is 8.27. The third-order valence-electron chi connectivity index (χ3n) is 4.19. The molecule has 0 unspecified atom stereocenters. The molecule has 0 aliphatic heterocycles. The average molecular weight is 405 g/mol. The Balaban J connectivity index is 1.79. The maximum atomic E-state index is 12.0. The highest BCUT2D eigenvalue weighted by atomic mass is 32.2. The Labute approximate surface area is 167 Å². The van der Waals surface area contributed by atoms with Crippen LogP contribution in [0.3, 0.4) is 0 Å². The molecule has 0 heterocycles. The van der Waals surface area contributed by atoms with Crippen molar-refractivity contribution in [3.05, 3.63) is 59.7 Å². The van der Waals surface area contributed by atoms with E-state index in [1.54, 1.807) is 31.2 Å². The minimum Gasteiger partial charge on any atom is -0.484 e. The third-order valence-corrected chi connectivity index (χ3v) is 5.49. The van der Waals surface area contributed by atoms with Gasteiger partial charge in [0.25, 0.3) is 5.91 Å². The molecule has 0 radical (unpaired) electrons. The summed E-state index contributed by atoms with van der Waals surface area (Å²) in [5.74, 6) is 0.440. The molecule has 0 saturated carbocycles. The molecular formula is C21H28N2O4S. The van der Waals surface area contributed by atoms with E-state index in [1.807, 2.05) is 24.3 Å². The summed E-state index contributed by atoms with van der Waals surface area (Å²) in [5, 5.41) is 2.78. The fourth-order valence-electron chi connectivity index (χ4n) is 2.39. The van der Waals surface area contributed by atoms with Crippen molar-refractivity contribution in [3.8, 4) is 5.75 Å². The lowest BCUT2D eigenvalue weighted by Crippen LogP contribution is -2.28. The van der Waals surface area contributed by atoms with Crippen LogP contribution in [0.15, 0.2) is 48.5 Å². The van der Waals surface area contributed by atoms with Crippen LogP contribution >= 0.6 is 0 Å². The number of benzene rings is 2. The molecule has 0 aliphatic rings. The number of anilines is 1. The van der Waals surface area contributed by atoms with E-state index >= 15 is 0 Å². The second kappa shape index (κ2) is 9.10. The third kappa shape index (κ3) is 6.88. The normalized spacial score (nSPS) is 11.7. The van der Waals surface area contributed by atoms with Crippen molar-refractivity contribution >= 4 is 21.6 Å². The molecule has 2 N–H and O–H groups in total. The van der Waals surface area contributed by atoms with E-state index in [0.29, 0.717) is 18.0 Å². The highest BCUT2D eigenvalue weighted by Crippen LogP contribution is 2.24. The lowest BCUT2D eigenvalue weighted by Gasteiger charge is -2.19. The van der Waals surface area contributed by atoms with Gasteiger partial charge in [-0.2, -0.15) is 0 Å². The van der Waals surface area contributed by atoms with Crippen molar-refractivity contribution in [2.24, 2.45) is 0 Å². The first kappa shape index (κ1) is 21.8. The summed E-state index contributed by atoms with van der Waals surface area (Å²) in [4.78, 5) is 12.0. The van der Waals surface area contributed by atoms with Crippen LogP contribution in [0.25, 0.3) is 0 Å². The number of ether oxygens (including phenoxy) is 1. The lowest BCUT2D eigenvalue weighted by molar-refractivity contribution is -0.123. The van der Waals surface area contributed by atoms with Crippen molar-refractivity contribution in [3.63, 3.8) is 0 Å². The lowest BCUT2D eigenvalue weighted by atomic mass is 9.87. The van der Waals surface area contributed by atoms with E-state index in [-0.39, 0.29) is 23.7 Å². The molecule has 0 bridgehead atoms. The fourth-order valence-corrected chi connectivity index (χ4v) is 3.03. The number of sulfonamides is 1. The van der Waals surface area contributed by atoms with E-state index in [4.69, 9.17) is 4.74 Å². The molecule has 152 valence electrons. The van der Waals surface area contributed by atoms with Crippen LogP contribution in [0.4, 0.5) is 5.69 Å². The Morgan fingerprint density at radius 3 is 2.14 bits per heavy atom. The molecule has 0 fully saturated rings. The first-order valence-corrected chi connectivity index (χ1v) is 10.8. The maximum absolute atomic E-state index is 12.0. The Morgan fingerprint density at radius 1 is 1.00 bits per heavy atom. The molecule has 2 aromatic carbocycles. The van der Waals surface area contributed by atoms with Gasteiger partial charge in [0.15, 0.2) is 6.61 Å². The molecule has 1 amide bonds. The topological polar surface area (TPSA) is 84.5 Å². The number of carbonyl (C=O) groups excluding carboxylic acids is 1. The second-order valence-corrected chi connectivity index (χ2v) is 9.55. The van der Waals surface area contributed by atoms with Crippen molar-refractivity contribution in [2.45, 2.75) is 39.7 Å². The zero-order valence-electron chi connectivity index (χ0n) is 16.8. The molecule has 0 atom stereocenters. The highest BCUT2D eigenvalue weighted by molar-refractivity contribution is 7.92. The van der Waals surface area contributed by atoms with Crippen LogP contribution in [-0.2, 0) is 26.8 Å². The minimum absolute atomic E-state index is 0.0176. The van der Waals surface area contributed by atoms with E-state index < -0.39 is 10.0 Å². The van der Waals surface area contributed by atoms with Gasteiger partial charge < -0.3 is 10.1 Å². The predicted octanol–water partition coefficient (Wildman–Crippen LogP) is 3.44. The van der Waals surface area contributed by atoms with Gasteiger partial charge in [-0.1, -0.05) is 45.0 Å². The quantitative estimate of drug-likeness (QED) is 0.706. The summed E-state index contributed by atoms with van der Waals surface area (Å²) in [6, 6.07) is 14.6. The van der Waals surface area contributed by atoms with E-state index in [9.17, 15) is 13.2 Å². The number of hydrogen-bond acceptors (Lipinski definition) is 4. The van der Waals surface area contributed by atoms with Gasteiger partial charge in [0.05, 0.1) is 5.75 Å². The second-order valence-electron chi connectivity index (χ2n) is 7.54. The van der Waals surface area contributed by atoms with Crippen molar-refractivity contribution in [1.29, 1.82) is 0 Å². The predicted molar refractivity (Wildman–Crippen MR) is 112 cm³/mol. The Hall–Kier alpha value is -2.54. The molecule has 2 rings (SSSR count). The summed E-state index contributed by atoms with van der Waals surface area (Å²) >= 11 is 0. The molecule has 28 heavy (non-hydrogen) atoms. The largest absolute Gasteiger partial charge is 0.484 e. The molecular weight excluding hydrogens is 376 g/mol. The van der Waals surface area contributed by atoms with E-state index in [2.05, 4.69) is 30.8 Å². The standard InChI is InChI=1S/C21H28N2O4S/c1-5-28(25,26)23-18-10-6-16(7-11-18)14-22-20(24)15-27-19-12-8-17(9-13-19)21(2,3)4/h6-13,23H,5,14-15H2,1-4H3,(H,22,24). The molecule has 2 aromatic rings. The zero-order valence-corrected chi connectivity index (χ0v) is 17.6. The molecule has 7 heteroatoms. The maximum Gasteiger partial charge on any atom is 0.258 e. The number of amides is 1. The van der Waals surface area contributed by atoms with Gasteiger partial charge in [-0.25, -0.2) is 8.42 Å². The number of nitrogens with one attached hydrogen (secondary N) is 2. The number of carbonyl (C=O) groups is 1. The zero-order chi connectivity index (χ0) is 20.8. The van der Waals surface area contributed by atoms with Crippen LogP contribution in [0.5, 0.6) is 5.75 Å². The van der Waals surface area contributed by atoms with Crippen LogP contribution in [-0.4, -0.2) is 26.7 Å². The molecule has 0 spiro atoms. The molecule has 0 aromatic heterocycles. The number of rotatable bonds is 8. The first-order chi connectivity index (χ1) is 13.1. The van der Waals surface area contributed by atoms with Gasteiger partial charge in [-0.3, -0.25) is 9.52 Å². The number of hydrogen-bond donors (Lipinski definition) is 2. The van der Waals surface area contributed by atoms with Gasteiger partial charge in [0.1, 0.15) is 5.75 Å². The van der Waals surface area contributed by atoms with Crippen molar-refractivity contribution in [1.82, 2.24) is 5.32 Å². The minimum atomic E-state index is -3.29. The van der Waals surface area contributed by atoms with Crippen LogP contribution in [0.2, 0.25) is 0 Å². The van der Waals surface area contributed by atoms with Gasteiger partial charge in [-0.15, -0.1) is 0 Å². The Kier molecular flexibility index (Phi) is 7.07. The van der Waals surface area contributed by atoms with Gasteiger partial charge in [0, 0.05) is 12.2 Å². The summed E-state index contributed by atoms with van der Waals surface area (Å²) in [7, 11) is -3.29. The SMILES string of the molecule is CCS(=O)(=O)Nc1ccc(CNC(=O)COc2ccc(C(C)(C)C)cc2)cc1. The fraction of sp³-hybridized carbons (Fsp3) is 0.381. The van der Waals surface area contributed by atoms with Crippen molar-refractivity contribution in [2.75, 3.05) is 17.1 Å². The van der Waals surface area contributed by atoms with Crippen LogP contribution < -0.4 is 14.8 Å². The summed E-state index contributed by atoms with van der Waals surface area (Å²) in [6.07, 6.45) is 0. The molecule has 0 saturated heterocycles. The smallest absolute Gasteiger partial charge is 0.258 e. The van der Waals surface area contributed by atoms with E-state index in [0.717, 1.165) is 5.56 Å². The molecule has 6 nitrogen and oxygen atoms in total. The van der Waals surface area contributed by atoms with Gasteiger partial charge in [0.2, 0.25) is 10.0 Å². The van der Waals surface area contributed by atoms with E-state index in [1.165, 1.54) is 5.56 Å².